The highest BCUT2D eigenvalue weighted by Crippen LogP contribution is 2.34. The van der Waals surface area contributed by atoms with Crippen molar-refractivity contribution in [3.63, 3.8) is 0 Å². The Labute approximate surface area is 179 Å². The third kappa shape index (κ3) is 7.83. The molecule has 2 rings (SSSR count). The van der Waals surface area contributed by atoms with Gasteiger partial charge in [0.05, 0.1) is 11.3 Å². The molecule has 0 saturated carbocycles. The van der Waals surface area contributed by atoms with Gasteiger partial charge in [-0.15, -0.1) is 0 Å². The summed E-state index contributed by atoms with van der Waals surface area (Å²) >= 11 is 0. The molecule has 1 N–H and O–H groups in total. The van der Waals surface area contributed by atoms with Crippen molar-refractivity contribution >= 4 is 0 Å². The molecule has 0 fully saturated rings. The average Bonchev–Trinajstić information content (AvgIpc) is 2.71. The van der Waals surface area contributed by atoms with Gasteiger partial charge in [-0.25, -0.2) is 4.98 Å². The van der Waals surface area contributed by atoms with Gasteiger partial charge >= 0.3 is 12.4 Å². The Morgan fingerprint density at radius 3 is 2.10 bits per heavy atom. The van der Waals surface area contributed by atoms with E-state index in [0.29, 0.717) is 12.1 Å². The summed E-state index contributed by atoms with van der Waals surface area (Å²) in [6.45, 7) is 5.25. The third-order valence-corrected chi connectivity index (χ3v) is 5.12. The maximum absolute atomic E-state index is 13.4. The van der Waals surface area contributed by atoms with Crippen LogP contribution in [0.2, 0.25) is 0 Å². The molecule has 0 aliphatic heterocycles. The lowest BCUT2D eigenvalue weighted by atomic mass is 9.97. The van der Waals surface area contributed by atoms with Crippen LogP contribution in [0.4, 0.5) is 26.3 Å². The molecule has 0 radical (unpaired) electrons. The summed E-state index contributed by atoms with van der Waals surface area (Å²) < 4.78 is 78.5. The maximum Gasteiger partial charge on any atom is 0.433 e. The van der Waals surface area contributed by atoms with E-state index >= 15 is 0 Å². The number of nitrogens with one attached hydrogen (secondary N) is 1. The zero-order valence-corrected chi connectivity index (χ0v) is 17.7. The highest BCUT2D eigenvalue weighted by atomic mass is 19.4. The second-order valence-electron chi connectivity index (χ2n) is 7.76. The quantitative estimate of drug-likeness (QED) is 0.303. The van der Waals surface area contributed by atoms with E-state index in [0.717, 1.165) is 56.1 Å². The molecule has 172 valence electrons. The summed E-state index contributed by atoms with van der Waals surface area (Å²) in [7, 11) is 0. The lowest BCUT2D eigenvalue weighted by molar-refractivity contribution is -0.141. The van der Waals surface area contributed by atoms with Crippen molar-refractivity contribution in [1.29, 1.82) is 0 Å². The molecule has 1 aromatic carbocycles. The predicted molar refractivity (Wildman–Crippen MR) is 110 cm³/mol. The molecule has 0 aliphatic carbocycles. The molecule has 0 bridgehead atoms. The van der Waals surface area contributed by atoms with Crippen LogP contribution >= 0.6 is 0 Å². The molecule has 0 saturated heterocycles. The number of hydrogen-bond acceptors (Lipinski definition) is 2. The van der Waals surface area contributed by atoms with Crippen molar-refractivity contribution in [3.05, 3.63) is 53.2 Å². The summed E-state index contributed by atoms with van der Waals surface area (Å²) in [4.78, 5) is 3.66. The Bertz CT molecular complexity index is 812. The van der Waals surface area contributed by atoms with Gasteiger partial charge in [0.15, 0.2) is 0 Å². The molecule has 1 unspecified atom stereocenters. The topological polar surface area (TPSA) is 24.9 Å². The van der Waals surface area contributed by atoms with Crippen molar-refractivity contribution < 1.29 is 26.3 Å². The van der Waals surface area contributed by atoms with Crippen LogP contribution in [0.3, 0.4) is 0 Å². The van der Waals surface area contributed by atoms with Gasteiger partial charge in [0.25, 0.3) is 0 Å². The van der Waals surface area contributed by atoms with Crippen molar-refractivity contribution in [2.45, 2.75) is 64.2 Å². The monoisotopic (exact) mass is 446 g/mol. The summed E-state index contributed by atoms with van der Waals surface area (Å²) in [5.41, 5.74) is -1.26. The van der Waals surface area contributed by atoms with Crippen molar-refractivity contribution in [1.82, 2.24) is 10.3 Å². The van der Waals surface area contributed by atoms with Gasteiger partial charge in [0.2, 0.25) is 0 Å². The van der Waals surface area contributed by atoms with Crippen LogP contribution in [0.5, 0.6) is 0 Å². The molecule has 1 aromatic heterocycles. The van der Waals surface area contributed by atoms with Crippen LogP contribution in [0.25, 0.3) is 11.3 Å². The van der Waals surface area contributed by atoms with Crippen LogP contribution in [0.1, 0.15) is 68.7 Å². The molecular formula is C23H28F6N2. The van der Waals surface area contributed by atoms with Gasteiger partial charge in [0.1, 0.15) is 5.69 Å². The van der Waals surface area contributed by atoms with E-state index in [1.807, 2.05) is 6.92 Å². The SMILES string of the molecule is CCCCCCCNCC(C)c1cc(-c2ccc(C(F)(F)F)cc2)nc(C(F)(F)F)c1. The fourth-order valence-electron chi connectivity index (χ4n) is 3.25. The third-order valence-electron chi connectivity index (χ3n) is 5.12. The Kier molecular flexibility index (Phi) is 8.91. The molecule has 2 aromatic rings. The number of unbranched alkanes of at least 4 members (excludes halogenated alkanes) is 4. The zero-order chi connectivity index (χ0) is 23.1. The first-order valence-corrected chi connectivity index (χ1v) is 10.5. The fourth-order valence-corrected chi connectivity index (χ4v) is 3.25. The number of rotatable bonds is 10. The largest absolute Gasteiger partial charge is 0.433 e. The molecule has 31 heavy (non-hydrogen) atoms. The average molecular weight is 446 g/mol. The standard InChI is InChI=1S/C23H28F6N2/c1-3-4-5-6-7-12-30-15-16(2)18-13-20(31-21(14-18)23(27,28)29)17-8-10-19(11-9-17)22(24,25)26/h8-11,13-14,16,30H,3-7,12,15H2,1-2H3. The van der Waals surface area contributed by atoms with Crippen molar-refractivity contribution in [3.8, 4) is 11.3 Å². The molecule has 0 spiro atoms. The molecule has 2 nitrogen and oxygen atoms in total. The number of benzene rings is 1. The van der Waals surface area contributed by atoms with Crippen LogP contribution in [0.15, 0.2) is 36.4 Å². The normalized spacial score (nSPS) is 13.4. The molecule has 0 aliphatic rings. The highest BCUT2D eigenvalue weighted by molar-refractivity contribution is 5.61. The van der Waals surface area contributed by atoms with Gasteiger partial charge in [0, 0.05) is 12.1 Å². The van der Waals surface area contributed by atoms with Gasteiger partial charge in [-0.3, -0.25) is 0 Å². The fraction of sp³-hybridized carbons (Fsp3) is 0.522. The van der Waals surface area contributed by atoms with E-state index in [-0.39, 0.29) is 17.2 Å². The second-order valence-corrected chi connectivity index (χ2v) is 7.76. The van der Waals surface area contributed by atoms with Crippen LogP contribution in [0, 0.1) is 0 Å². The van der Waals surface area contributed by atoms with E-state index in [1.165, 1.54) is 18.9 Å². The smallest absolute Gasteiger partial charge is 0.316 e. The number of nitrogens with zero attached hydrogens (tertiary/aromatic N) is 1. The zero-order valence-electron chi connectivity index (χ0n) is 17.7. The van der Waals surface area contributed by atoms with E-state index < -0.39 is 23.6 Å². The maximum atomic E-state index is 13.4. The Hall–Kier alpha value is -2.09. The predicted octanol–water partition coefficient (Wildman–Crippen LogP) is 7.45. The van der Waals surface area contributed by atoms with Crippen molar-refractivity contribution in [2.24, 2.45) is 0 Å². The Morgan fingerprint density at radius 2 is 1.52 bits per heavy atom. The first-order valence-electron chi connectivity index (χ1n) is 10.5. The lowest BCUT2D eigenvalue weighted by Gasteiger charge is -2.17. The molecule has 0 amide bonds. The van der Waals surface area contributed by atoms with E-state index in [9.17, 15) is 26.3 Å². The van der Waals surface area contributed by atoms with Gasteiger partial charge in [-0.1, -0.05) is 51.7 Å². The molecule has 1 atom stereocenters. The van der Waals surface area contributed by atoms with Gasteiger partial charge in [-0.05, 0) is 48.7 Å². The number of pyridine rings is 1. The minimum absolute atomic E-state index is 0.00460. The second kappa shape index (κ2) is 11.0. The number of alkyl halides is 6. The van der Waals surface area contributed by atoms with Crippen LogP contribution in [-0.4, -0.2) is 18.1 Å². The first-order chi connectivity index (χ1) is 14.5. The molecule has 1 heterocycles. The first kappa shape index (κ1) is 25.2. The summed E-state index contributed by atoms with van der Waals surface area (Å²) in [6.07, 6.45) is -3.52. The minimum atomic E-state index is -4.65. The van der Waals surface area contributed by atoms with E-state index in [2.05, 4.69) is 17.2 Å². The number of halogens is 6. The summed E-state index contributed by atoms with van der Waals surface area (Å²) in [5, 5.41) is 3.28. The van der Waals surface area contributed by atoms with Crippen LogP contribution in [-0.2, 0) is 12.4 Å². The van der Waals surface area contributed by atoms with E-state index in [4.69, 9.17) is 0 Å². The molecular weight excluding hydrogens is 418 g/mol. The minimum Gasteiger partial charge on any atom is -0.316 e. The van der Waals surface area contributed by atoms with E-state index in [1.54, 1.807) is 0 Å². The van der Waals surface area contributed by atoms with Gasteiger partial charge in [-0.2, -0.15) is 26.3 Å². The Balaban J connectivity index is 2.16. The summed E-state index contributed by atoms with van der Waals surface area (Å²) in [6, 6.07) is 6.52. The summed E-state index contributed by atoms with van der Waals surface area (Å²) in [5.74, 6) is -0.215. The van der Waals surface area contributed by atoms with Crippen molar-refractivity contribution in [2.75, 3.05) is 13.1 Å². The van der Waals surface area contributed by atoms with Crippen LogP contribution < -0.4 is 5.32 Å². The van der Waals surface area contributed by atoms with Gasteiger partial charge < -0.3 is 5.32 Å². The lowest BCUT2D eigenvalue weighted by Crippen LogP contribution is -2.22. The molecule has 8 heteroatoms. The number of hydrogen-bond donors (Lipinski definition) is 1. The highest BCUT2D eigenvalue weighted by Gasteiger charge is 2.34. The Morgan fingerprint density at radius 1 is 0.871 bits per heavy atom. The number of aromatic nitrogens is 1.